The maximum Gasteiger partial charge on any atom is 0.329 e. The lowest BCUT2D eigenvalue weighted by Gasteiger charge is -2.08. The summed E-state index contributed by atoms with van der Waals surface area (Å²) in [6.45, 7) is 1.55. The summed E-state index contributed by atoms with van der Waals surface area (Å²) < 4.78 is 5.02. The van der Waals surface area contributed by atoms with Gasteiger partial charge in [-0.2, -0.15) is 0 Å². The standard InChI is InChI=1S/C8H12N2O3/c1-6(13-5-8(11)12)4-7-9-2-3-10-7/h2-3,6H,4-5H2,1H3,(H,9,10)(H,11,12). The van der Waals surface area contributed by atoms with Gasteiger partial charge in [-0.15, -0.1) is 0 Å². The van der Waals surface area contributed by atoms with Gasteiger partial charge in [0.25, 0.3) is 0 Å². The lowest BCUT2D eigenvalue weighted by molar-refractivity contribution is -0.144. The third-order valence-corrected chi connectivity index (χ3v) is 1.53. The van der Waals surface area contributed by atoms with Gasteiger partial charge in [0.15, 0.2) is 0 Å². The van der Waals surface area contributed by atoms with E-state index in [1.54, 1.807) is 12.4 Å². The molecule has 0 saturated heterocycles. The number of carboxylic acids is 1. The van der Waals surface area contributed by atoms with Crippen molar-refractivity contribution in [3.05, 3.63) is 18.2 Å². The maximum atomic E-state index is 10.2. The molecule has 0 bridgehead atoms. The highest BCUT2D eigenvalue weighted by molar-refractivity contribution is 5.68. The smallest absolute Gasteiger partial charge is 0.329 e. The second-order valence-corrected chi connectivity index (χ2v) is 2.76. The summed E-state index contributed by atoms with van der Waals surface area (Å²) in [5, 5.41) is 8.34. The van der Waals surface area contributed by atoms with Crippen molar-refractivity contribution in [1.82, 2.24) is 9.97 Å². The van der Waals surface area contributed by atoms with Crippen LogP contribution in [0.25, 0.3) is 0 Å². The molecule has 0 spiro atoms. The molecule has 1 unspecified atom stereocenters. The van der Waals surface area contributed by atoms with Crippen LogP contribution in [0.3, 0.4) is 0 Å². The third-order valence-electron chi connectivity index (χ3n) is 1.53. The van der Waals surface area contributed by atoms with Crippen LogP contribution in [0, 0.1) is 0 Å². The molecular weight excluding hydrogens is 172 g/mol. The molecule has 13 heavy (non-hydrogen) atoms. The van der Waals surface area contributed by atoms with Gasteiger partial charge in [-0.25, -0.2) is 9.78 Å². The largest absolute Gasteiger partial charge is 0.480 e. The zero-order chi connectivity index (χ0) is 9.68. The minimum absolute atomic E-state index is 0.137. The lowest BCUT2D eigenvalue weighted by atomic mass is 10.3. The lowest BCUT2D eigenvalue weighted by Crippen LogP contribution is -2.17. The molecule has 2 N–H and O–H groups in total. The second kappa shape index (κ2) is 4.61. The van der Waals surface area contributed by atoms with Crippen molar-refractivity contribution in [3.63, 3.8) is 0 Å². The molecule has 0 aliphatic rings. The zero-order valence-electron chi connectivity index (χ0n) is 7.36. The van der Waals surface area contributed by atoms with Gasteiger partial charge in [-0.3, -0.25) is 0 Å². The minimum Gasteiger partial charge on any atom is -0.480 e. The van der Waals surface area contributed by atoms with E-state index in [9.17, 15) is 4.79 Å². The molecule has 0 aromatic carbocycles. The highest BCUT2D eigenvalue weighted by atomic mass is 16.5. The summed E-state index contributed by atoms with van der Waals surface area (Å²) in [6.07, 6.45) is 3.83. The van der Waals surface area contributed by atoms with E-state index < -0.39 is 5.97 Å². The fourth-order valence-electron chi connectivity index (χ4n) is 0.954. The van der Waals surface area contributed by atoms with Crippen LogP contribution in [-0.2, 0) is 16.0 Å². The first-order valence-corrected chi connectivity index (χ1v) is 4.00. The highest BCUT2D eigenvalue weighted by Gasteiger charge is 2.07. The minimum atomic E-state index is -0.953. The Morgan fingerprint density at radius 2 is 2.62 bits per heavy atom. The number of nitrogens with zero attached hydrogens (tertiary/aromatic N) is 1. The van der Waals surface area contributed by atoms with Crippen molar-refractivity contribution >= 4 is 5.97 Å². The zero-order valence-corrected chi connectivity index (χ0v) is 7.36. The topological polar surface area (TPSA) is 75.2 Å². The maximum absolute atomic E-state index is 10.2. The van der Waals surface area contributed by atoms with E-state index in [4.69, 9.17) is 9.84 Å². The van der Waals surface area contributed by atoms with Crippen LogP contribution in [0.15, 0.2) is 12.4 Å². The van der Waals surface area contributed by atoms with E-state index in [0.29, 0.717) is 6.42 Å². The summed E-state index contributed by atoms with van der Waals surface area (Å²) in [6, 6.07) is 0. The number of imidazole rings is 1. The number of aromatic amines is 1. The van der Waals surface area contributed by atoms with E-state index in [1.165, 1.54) is 0 Å². The van der Waals surface area contributed by atoms with Crippen LogP contribution in [0.1, 0.15) is 12.7 Å². The van der Waals surface area contributed by atoms with Crippen molar-refractivity contribution in [2.24, 2.45) is 0 Å². The fraction of sp³-hybridized carbons (Fsp3) is 0.500. The fourth-order valence-corrected chi connectivity index (χ4v) is 0.954. The molecule has 5 heteroatoms. The Morgan fingerprint density at radius 3 is 3.15 bits per heavy atom. The van der Waals surface area contributed by atoms with E-state index in [2.05, 4.69) is 9.97 Å². The van der Waals surface area contributed by atoms with E-state index in [0.717, 1.165) is 5.82 Å². The molecule has 5 nitrogen and oxygen atoms in total. The number of carboxylic acid groups (broad SMARTS) is 1. The number of hydrogen-bond donors (Lipinski definition) is 2. The van der Waals surface area contributed by atoms with Crippen molar-refractivity contribution in [1.29, 1.82) is 0 Å². The summed E-state index contributed by atoms with van der Waals surface area (Å²) in [7, 11) is 0. The van der Waals surface area contributed by atoms with Crippen LogP contribution < -0.4 is 0 Å². The van der Waals surface area contributed by atoms with Gasteiger partial charge in [0.2, 0.25) is 0 Å². The van der Waals surface area contributed by atoms with Gasteiger partial charge in [0, 0.05) is 18.8 Å². The number of ether oxygens (including phenoxy) is 1. The Hall–Kier alpha value is -1.36. The Balaban J connectivity index is 2.25. The summed E-state index contributed by atoms with van der Waals surface area (Å²) in [4.78, 5) is 17.1. The summed E-state index contributed by atoms with van der Waals surface area (Å²) >= 11 is 0. The number of carbonyl (C=O) groups is 1. The van der Waals surface area contributed by atoms with E-state index in [1.807, 2.05) is 6.92 Å². The third kappa shape index (κ3) is 3.71. The normalized spacial score (nSPS) is 12.7. The van der Waals surface area contributed by atoms with Crippen molar-refractivity contribution in [2.75, 3.05) is 6.61 Å². The molecule has 1 aromatic rings. The number of aromatic nitrogens is 2. The van der Waals surface area contributed by atoms with Gasteiger partial charge >= 0.3 is 5.97 Å². The molecule has 0 fully saturated rings. The van der Waals surface area contributed by atoms with Crippen LogP contribution in [0.4, 0.5) is 0 Å². The van der Waals surface area contributed by atoms with Crippen molar-refractivity contribution in [3.8, 4) is 0 Å². The van der Waals surface area contributed by atoms with Crippen molar-refractivity contribution in [2.45, 2.75) is 19.4 Å². The monoisotopic (exact) mass is 184 g/mol. The van der Waals surface area contributed by atoms with Crippen LogP contribution >= 0.6 is 0 Å². The van der Waals surface area contributed by atoms with Crippen LogP contribution in [-0.4, -0.2) is 33.8 Å². The number of hydrogen-bond acceptors (Lipinski definition) is 3. The van der Waals surface area contributed by atoms with Crippen LogP contribution in [0.2, 0.25) is 0 Å². The quantitative estimate of drug-likeness (QED) is 0.696. The van der Waals surface area contributed by atoms with Crippen molar-refractivity contribution < 1.29 is 14.6 Å². The average molecular weight is 184 g/mol. The Kier molecular flexibility index (Phi) is 3.45. The molecule has 1 aromatic heterocycles. The predicted molar refractivity (Wildman–Crippen MR) is 45.3 cm³/mol. The number of nitrogens with one attached hydrogen (secondary N) is 1. The molecule has 72 valence electrons. The molecule has 1 heterocycles. The number of aliphatic carboxylic acids is 1. The molecule has 0 radical (unpaired) electrons. The van der Waals surface area contributed by atoms with Gasteiger partial charge in [-0.1, -0.05) is 0 Å². The first kappa shape index (κ1) is 9.73. The molecule has 1 rings (SSSR count). The molecule has 0 aliphatic heterocycles. The molecule has 0 aliphatic carbocycles. The SMILES string of the molecule is CC(Cc1ncc[nH]1)OCC(=O)O. The summed E-state index contributed by atoms with van der Waals surface area (Å²) in [5.41, 5.74) is 0. The second-order valence-electron chi connectivity index (χ2n) is 2.76. The first-order chi connectivity index (χ1) is 6.18. The Morgan fingerprint density at radius 1 is 1.85 bits per heavy atom. The van der Waals surface area contributed by atoms with E-state index >= 15 is 0 Å². The first-order valence-electron chi connectivity index (χ1n) is 4.00. The Labute approximate surface area is 75.8 Å². The van der Waals surface area contributed by atoms with Gasteiger partial charge in [-0.05, 0) is 6.92 Å². The average Bonchev–Trinajstić information content (AvgIpc) is 2.53. The van der Waals surface area contributed by atoms with Gasteiger partial charge in [0.1, 0.15) is 12.4 Å². The molecule has 1 atom stereocenters. The predicted octanol–water partition coefficient (Wildman–Crippen LogP) is 0.442. The highest BCUT2D eigenvalue weighted by Crippen LogP contribution is 1.99. The molecular formula is C8H12N2O3. The Bertz CT molecular complexity index is 258. The van der Waals surface area contributed by atoms with Gasteiger partial charge in [0.05, 0.1) is 6.10 Å². The summed E-state index contributed by atoms with van der Waals surface area (Å²) in [5.74, 6) is -0.149. The number of H-pyrrole nitrogens is 1. The van der Waals surface area contributed by atoms with E-state index in [-0.39, 0.29) is 12.7 Å². The van der Waals surface area contributed by atoms with Gasteiger partial charge < -0.3 is 14.8 Å². The number of rotatable bonds is 5. The molecule has 0 amide bonds. The van der Waals surface area contributed by atoms with Crippen LogP contribution in [0.5, 0.6) is 0 Å². The molecule has 0 saturated carbocycles.